The van der Waals surface area contributed by atoms with Crippen LogP contribution in [0.2, 0.25) is 0 Å². The molecule has 0 spiro atoms. The van der Waals surface area contributed by atoms with Crippen LogP contribution in [-0.2, 0) is 9.59 Å². The smallest absolute Gasteiger partial charge is 0.269 e. The van der Waals surface area contributed by atoms with Crippen LogP contribution in [0.15, 0.2) is 24.3 Å². The third-order valence-electron chi connectivity index (χ3n) is 4.93. The van der Waals surface area contributed by atoms with E-state index in [2.05, 4.69) is 15.8 Å². The van der Waals surface area contributed by atoms with Gasteiger partial charge in [-0.1, -0.05) is 6.42 Å². The number of hydrazine groups is 1. The zero-order valence-electron chi connectivity index (χ0n) is 15.0. The molecule has 7 heteroatoms. The summed E-state index contributed by atoms with van der Waals surface area (Å²) in [6, 6.07) is 6.85. The molecule has 1 aromatic carbocycles. The van der Waals surface area contributed by atoms with Gasteiger partial charge in [0.05, 0.1) is 0 Å². The Morgan fingerprint density at radius 1 is 0.923 bits per heavy atom. The molecule has 2 aliphatic rings. The second-order valence-corrected chi connectivity index (χ2v) is 6.85. The maximum Gasteiger partial charge on any atom is 0.269 e. The Morgan fingerprint density at radius 3 is 2.31 bits per heavy atom. The van der Waals surface area contributed by atoms with Gasteiger partial charge in [0.15, 0.2) is 0 Å². The van der Waals surface area contributed by atoms with Gasteiger partial charge < -0.3 is 9.80 Å². The zero-order chi connectivity index (χ0) is 18.4. The van der Waals surface area contributed by atoms with Gasteiger partial charge in [0, 0.05) is 37.2 Å². The molecule has 2 aliphatic heterocycles. The number of carbonyl (C=O) groups is 3. The molecule has 26 heavy (non-hydrogen) atoms. The fourth-order valence-corrected chi connectivity index (χ4v) is 3.42. The van der Waals surface area contributed by atoms with Gasteiger partial charge in [-0.3, -0.25) is 25.2 Å². The van der Waals surface area contributed by atoms with Crippen molar-refractivity contribution >= 4 is 23.4 Å². The van der Waals surface area contributed by atoms with Gasteiger partial charge in [0.2, 0.25) is 11.8 Å². The molecule has 7 nitrogen and oxygen atoms in total. The van der Waals surface area contributed by atoms with Crippen LogP contribution in [0.1, 0.15) is 48.9 Å². The van der Waals surface area contributed by atoms with E-state index in [1.54, 1.807) is 29.2 Å². The summed E-state index contributed by atoms with van der Waals surface area (Å²) in [5.74, 6) is -0.443. The molecular formula is C19H26N4O3. The highest BCUT2D eigenvalue weighted by Crippen LogP contribution is 2.21. The normalized spacial score (nSPS) is 18.0. The third-order valence-corrected chi connectivity index (χ3v) is 4.93. The molecule has 2 N–H and O–H groups in total. The molecule has 0 saturated carbocycles. The van der Waals surface area contributed by atoms with E-state index in [0.29, 0.717) is 18.4 Å². The van der Waals surface area contributed by atoms with E-state index in [9.17, 15) is 14.4 Å². The number of nitrogens with zero attached hydrogens (tertiary/aromatic N) is 2. The van der Waals surface area contributed by atoms with E-state index in [0.717, 1.165) is 38.3 Å². The van der Waals surface area contributed by atoms with Gasteiger partial charge >= 0.3 is 0 Å². The van der Waals surface area contributed by atoms with Crippen LogP contribution in [0, 0.1) is 0 Å². The molecule has 3 rings (SSSR count). The minimum absolute atomic E-state index is 0.114. The van der Waals surface area contributed by atoms with Crippen molar-refractivity contribution in [3.05, 3.63) is 29.8 Å². The van der Waals surface area contributed by atoms with Crippen molar-refractivity contribution < 1.29 is 14.4 Å². The average Bonchev–Trinajstić information content (AvgIpc) is 3.11. The molecule has 0 aromatic heterocycles. The molecule has 0 unspecified atom stereocenters. The first kappa shape index (κ1) is 18.4. The van der Waals surface area contributed by atoms with E-state index in [4.69, 9.17) is 0 Å². The number of piperidine rings is 1. The van der Waals surface area contributed by atoms with Crippen molar-refractivity contribution in [2.24, 2.45) is 0 Å². The molecule has 0 bridgehead atoms. The summed E-state index contributed by atoms with van der Waals surface area (Å²) in [5.41, 5.74) is 6.16. The molecule has 2 fully saturated rings. The van der Waals surface area contributed by atoms with Crippen LogP contribution in [0.4, 0.5) is 5.69 Å². The maximum atomic E-state index is 12.1. The fourth-order valence-electron chi connectivity index (χ4n) is 3.42. The average molecular weight is 358 g/mol. The minimum atomic E-state index is -0.365. The summed E-state index contributed by atoms with van der Waals surface area (Å²) in [4.78, 5) is 39.8. The molecule has 140 valence electrons. The number of likely N-dealkylation sites (tertiary alicyclic amines) is 1. The first-order chi connectivity index (χ1) is 12.6. The van der Waals surface area contributed by atoms with E-state index in [-0.39, 0.29) is 17.7 Å². The molecule has 1 aromatic rings. The highest BCUT2D eigenvalue weighted by molar-refractivity contribution is 5.98. The van der Waals surface area contributed by atoms with Gasteiger partial charge in [-0.15, -0.1) is 0 Å². The highest BCUT2D eigenvalue weighted by atomic mass is 16.2. The Labute approximate surface area is 153 Å². The lowest BCUT2D eigenvalue weighted by Crippen LogP contribution is -2.43. The molecular weight excluding hydrogens is 332 g/mol. The van der Waals surface area contributed by atoms with Crippen LogP contribution in [0.25, 0.3) is 0 Å². The number of anilines is 1. The number of carbonyl (C=O) groups excluding carboxylic acids is 3. The Kier molecular flexibility index (Phi) is 6.22. The van der Waals surface area contributed by atoms with Crippen molar-refractivity contribution in [3.8, 4) is 0 Å². The molecule has 0 aliphatic carbocycles. The van der Waals surface area contributed by atoms with Gasteiger partial charge in [0.25, 0.3) is 5.91 Å². The van der Waals surface area contributed by atoms with E-state index < -0.39 is 0 Å². The van der Waals surface area contributed by atoms with Crippen LogP contribution < -0.4 is 15.8 Å². The summed E-state index contributed by atoms with van der Waals surface area (Å²) in [5, 5.41) is 0. The standard InChI is InChI=1S/C19H26N4O3/c24-17(10-14-22-11-2-1-3-12-22)20-21-19(26)15-6-8-16(9-7-15)23-13-4-5-18(23)25/h6-9H,1-5,10-14H2,(H,20,24)(H,21,26). The second-order valence-electron chi connectivity index (χ2n) is 6.85. The number of rotatable bonds is 5. The monoisotopic (exact) mass is 358 g/mol. The lowest BCUT2D eigenvalue weighted by Gasteiger charge is -2.25. The van der Waals surface area contributed by atoms with E-state index in [1.165, 1.54) is 19.3 Å². The van der Waals surface area contributed by atoms with Crippen molar-refractivity contribution in [3.63, 3.8) is 0 Å². The summed E-state index contributed by atoms with van der Waals surface area (Å²) in [6.45, 7) is 3.54. The van der Waals surface area contributed by atoms with Gasteiger partial charge in [-0.2, -0.15) is 0 Å². The number of nitrogens with one attached hydrogen (secondary N) is 2. The Morgan fingerprint density at radius 2 is 1.65 bits per heavy atom. The number of amides is 3. The predicted molar refractivity (Wildman–Crippen MR) is 98.5 cm³/mol. The summed E-state index contributed by atoms with van der Waals surface area (Å²) >= 11 is 0. The molecule has 0 radical (unpaired) electrons. The van der Waals surface area contributed by atoms with Crippen LogP contribution in [0.3, 0.4) is 0 Å². The van der Waals surface area contributed by atoms with Crippen LogP contribution in [-0.4, -0.2) is 48.8 Å². The molecule has 2 saturated heterocycles. The van der Waals surface area contributed by atoms with Crippen molar-refractivity contribution in [2.75, 3.05) is 31.1 Å². The maximum absolute atomic E-state index is 12.1. The first-order valence-corrected chi connectivity index (χ1v) is 9.35. The third kappa shape index (κ3) is 4.82. The topological polar surface area (TPSA) is 81.8 Å². The molecule has 0 atom stereocenters. The Hall–Kier alpha value is -2.41. The van der Waals surface area contributed by atoms with E-state index in [1.807, 2.05) is 0 Å². The quantitative estimate of drug-likeness (QED) is 0.781. The number of benzene rings is 1. The predicted octanol–water partition coefficient (Wildman–Crippen LogP) is 1.45. The van der Waals surface area contributed by atoms with Gasteiger partial charge in [0.1, 0.15) is 0 Å². The van der Waals surface area contributed by atoms with Crippen molar-refractivity contribution in [2.45, 2.75) is 38.5 Å². The number of hydrogen-bond acceptors (Lipinski definition) is 4. The van der Waals surface area contributed by atoms with Gasteiger partial charge in [-0.25, -0.2) is 0 Å². The summed E-state index contributed by atoms with van der Waals surface area (Å²) in [6.07, 6.45) is 5.46. The minimum Gasteiger partial charge on any atom is -0.312 e. The lowest BCUT2D eigenvalue weighted by molar-refractivity contribution is -0.122. The van der Waals surface area contributed by atoms with Crippen molar-refractivity contribution in [1.29, 1.82) is 0 Å². The Balaban J connectivity index is 1.42. The summed E-state index contributed by atoms with van der Waals surface area (Å²) < 4.78 is 0. The highest BCUT2D eigenvalue weighted by Gasteiger charge is 2.21. The van der Waals surface area contributed by atoms with Crippen molar-refractivity contribution in [1.82, 2.24) is 15.8 Å². The second kappa shape index (κ2) is 8.80. The largest absolute Gasteiger partial charge is 0.312 e. The fraction of sp³-hybridized carbons (Fsp3) is 0.526. The van der Waals surface area contributed by atoms with Gasteiger partial charge in [-0.05, 0) is 56.6 Å². The van der Waals surface area contributed by atoms with Crippen LogP contribution >= 0.6 is 0 Å². The molecule has 3 amide bonds. The SMILES string of the molecule is O=C(CCN1CCCCC1)NNC(=O)c1ccc(N2CCCC2=O)cc1. The first-order valence-electron chi connectivity index (χ1n) is 9.35. The summed E-state index contributed by atoms with van der Waals surface area (Å²) in [7, 11) is 0. The Bertz CT molecular complexity index is 653. The van der Waals surface area contributed by atoms with E-state index >= 15 is 0 Å². The van der Waals surface area contributed by atoms with Crippen LogP contribution in [0.5, 0.6) is 0 Å². The zero-order valence-corrected chi connectivity index (χ0v) is 15.0. The lowest BCUT2D eigenvalue weighted by atomic mass is 10.1. The number of hydrogen-bond donors (Lipinski definition) is 2. The molecule has 2 heterocycles.